The lowest BCUT2D eigenvalue weighted by Crippen LogP contribution is -2.66. The number of fused-ring (bicyclic) bond motifs is 7. The van der Waals surface area contributed by atoms with Crippen molar-refractivity contribution < 1.29 is 33.8 Å². The van der Waals surface area contributed by atoms with E-state index in [1.165, 1.54) is 5.57 Å². The summed E-state index contributed by atoms with van der Waals surface area (Å²) in [6.45, 7) is 23.3. The molecule has 0 aliphatic heterocycles. The van der Waals surface area contributed by atoms with Crippen molar-refractivity contribution in [1.29, 1.82) is 0 Å². The molecule has 9 atom stereocenters. The van der Waals surface area contributed by atoms with Gasteiger partial charge in [0.15, 0.2) is 5.78 Å². The van der Waals surface area contributed by atoms with Crippen molar-refractivity contribution in [2.24, 2.45) is 50.2 Å². The van der Waals surface area contributed by atoms with Gasteiger partial charge in [-0.2, -0.15) is 0 Å². The van der Waals surface area contributed by atoms with Crippen LogP contribution in [0.15, 0.2) is 11.6 Å². The first-order valence-corrected chi connectivity index (χ1v) is 21.6. The molecule has 5 rings (SSSR count). The van der Waals surface area contributed by atoms with Gasteiger partial charge in [0.25, 0.3) is 0 Å². The summed E-state index contributed by atoms with van der Waals surface area (Å²) in [5.41, 5.74) is -0.241. The van der Waals surface area contributed by atoms with Crippen LogP contribution >= 0.6 is 0 Å². The molecule has 4 saturated carbocycles. The van der Waals surface area contributed by atoms with Crippen LogP contribution in [0.4, 0.5) is 0 Å². The molecule has 46 heavy (non-hydrogen) atoms. The number of ether oxygens (including phenoxy) is 2. The molecule has 0 aromatic heterocycles. The topological polar surface area (TPSA) is 107 Å². The van der Waals surface area contributed by atoms with Gasteiger partial charge in [0.1, 0.15) is 12.5 Å². The van der Waals surface area contributed by atoms with Gasteiger partial charge in [0.2, 0.25) is 0 Å². The zero-order valence-electron chi connectivity index (χ0n) is 30.3. The van der Waals surface area contributed by atoms with Gasteiger partial charge in [0, 0.05) is 19.4 Å². The largest absolute Gasteiger partial charge is 0.481 e. The average molecular weight is 657 g/mol. The molecule has 7 nitrogen and oxygen atoms in total. The molecule has 0 heterocycles. The minimum Gasteiger partial charge on any atom is -0.481 e. The van der Waals surface area contributed by atoms with Crippen molar-refractivity contribution in [3.05, 3.63) is 11.6 Å². The third kappa shape index (κ3) is 5.54. The molecule has 4 fully saturated rings. The Morgan fingerprint density at radius 3 is 2.20 bits per heavy atom. The van der Waals surface area contributed by atoms with Crippen LogP contribution in [0.2, 0.25) is 25.7 Å². The van der Waals surface area contributed by atoms with E-state index in [4.69, 9.17) is 14.6 Å². The number of ketones is 1. The van der Waals surface area contributed by atoms with Gasteiger partial charge in [-0.1, -0.05) is 66.8 Å². The number of carbonyl (C=O) groups excluding carboxylic acids is 3. The molecule has 0 spiro atoms. The second kappa shape index (κ2) is 11.3. The lowest BCUT2D eigenvalue weighted by Gasteiger charge is -2.70. The fourth-order valence-electron chi connectivity index (χ4n) is 11.5. The van der Waals surface area contributed by atoms with E-state index in [0.29, 0.717) is 13.0 Å². The maximum atomic E-state index is 14.7. The quantitative estimate of drug-likeness (QED) is 0.167. The van der Waals surface area contributed by atoms with Gasteiger partial charge in [-0.05, 0) is 110 Å². The Labute approximate surface area is 278 Å². The minimum absolute atomic E-state index is 0.0634. The van der Waals surface area contributed by atoms with Crippen molar-refractivity contribution >= 4 is 31.8 Å². The van der Waals surface area contributed by atoms with Gasteiger partial charge >= 0.3 is 17.9 Å². The first-order chi connectivity index (χ1) is 21.0. The van der Waals surface area contributed by atoms with E-state index in [9.17, 15) is 19.2 Å². The smallest absolute Gasteiger partial charge is 0.317 e. The van der Waals surface area contributed by atoms with E-state index in [1.807, 2.05) is 6.08 Å². The summed E-state index contributed by atoms with van der Waals surface area (Å²) in [6.07, 6.45) is 8.94. The highest BCUT2D eigenvalue weighted by atomic mass is 28.3. The summed E-state index contributed by atoms with van der Waals surface area (Å²) in [4.78, 5) is 51.9. The van der Waals surface area contributed by atoms with Crippen molar-refractivity contribution in [2.45, 2.75) is 144 Å². The second-order valence-electron chi connectivity index (χ2n) is 19.1. The molecule has 1 N–H and O–H groups in total. The maximum Gasteiger partial charge on any atom is 0.317 e. The lowest BCUT2D eigenvalue weighted by molar-refractivity contribution is -0.211. The van der Waals surface area contributed by atoms with Gasteiger partial charge in [-0.15, -0.1) is 0 Å². The monoisotopic (exact) mass is 656 g/mol. The first-order valence-electron chi connectivity index (χ1n) is 17.9. The Kier molecular flexibility index (Phi) is 8.68. The fourth-order valence-corrected chi connectivity index (χ4v) is 12.2. The summed E-state index contributed by atoms with van der Waals surface area (Å²) >= 11 is 0. The van der Waals surface area contributed by atoms with Crippen LogP contribution in [0.5, 0.6) is 0 Å². The molecular weight excluding hydrogens is 596 g/mol. The zero-order chi connectivity index (χ0) is 34.3. The molecular formula is C38H60O7Si. The predicted octanol–water partition coefficient (Wildman–Crippen LogP) is 8.24. The number of carboxylic acids is 1. The predicted molar refractivity (Wildman–Crippen MR) is 181 cm³/mol. The van der Waals surface area contributed by atoms with Crippen molar-refractivity contribution in [3.63, 3.8) is 0 Å². The summed E-state index contributed by atoms with van der Waals surface area (Å²) < 4.78 is 11.8. The number of hydrogen-bond acceptors (Lipinski definition) is 6. The van der Waals surface area contributed by atoms with Crippen molar-refractivity contribution in [3.8, 4) is 0 Å². The number of carboxylic acid groups (broad SMARTS) is 1. The lowest BCUT2D eigenvalue weighted by atomic mass is 9.33. The normalized spacial score (nSPS) is 43.2. The number of carbonyl (C=O) groups is 4. The number of aliphatic carboxylic acids is 1. The van der Waals surface area contributed by atoms with E-state index < -0.39 is 31.8 Å². The van der Waals surface area contributed by atoms with E-state index in [0.717, 1.165) is 57.4 Å². The molecule has 0 radical (unpaired) electrons. The van der Waals surface area contributed by atoms with Crippen molar-refractivity contribution in [1.82, 2.24) is 0 Å². The summed E-state index contributed by atoms with van der Waals surface area (Å²) in [5.74, 6) is -1.52. The molecule has 258 valence electrons. The number of allylic oxidation sites excluding steroid dienone is 2. The molecule has 0 aromatic carbocycles. The molecule has 0 saturated heterocycles. The van der Waals surface area contributed by atoms with Crippen LogP contribution in [-0.2, 0) is 28.7 Å². The minimum atomic E-state index is -1.32. The maximum absolute atomic E-state index is 14.7. The Morgan fingerprint density at radius 1 is 0.913 bits per heavy atom. The summed E-state index contributed by atoms with van der Waals surface area (Å²) in [6, 6.07) is 0.968. The van der Waals surface area contributed by atoms with Crippen LogP contribution in [0.25, 0.3) is 0 Å². The SMILES string of the molecule is CC1(C(=O)OCC[Si](C)(C)C)CCC2(C)CCC3(C)C(=CC(=O)C4C5(C)CCC(OC(=O)CC(=O)O)C(C)(C)C5CCC43C)C2C1. The fraction of sp³-hybridized carbons (Fsp3) is 0.842. The zero-order valence-corrected chi connectivity index (χ0v) is 31.3. The Bertz CT molecular complexity index is 1330. The third-order valence-electron chi connectivity index (χ3n) is 14.7. The van der Waals surface area contributed by atoms with E-state index in [-0.39, 0.29) is 62.7 Å². The van der Waals surface area contributed by atoms with Crippen molar-refractivity contribution in [2.75, 3.05) is 6.61 Å². The van der Waals surface area contributed by atoms with Gasteiger partial charge < -0.3 is 14.6 Å². The molecule has 0 aromatic rings. The van der Waals surface area contributed by atoms with Crippen LogP contribution < -0.4 is 0 Å². The number of rotatable bonds is 7. The summed E-state index contributed by atoms with van der Waals surface area (Å²) in [5, 5.41) is 9.12. The summed E-state index contributed by atoms with van der Waals surface area (Å²) in [7, 11) is -1.32. The second-order valence-corrected chi connectivity index (χ2v) is 24.7. The molecule has 9 unspecified atom stereocenters. The van der Waals surface area contributed by atoms with Crippen LogP contribution in [-0.4, -0.2) is 49.6 Å². The Morgan fingerprint density at radius 2 is 1.57 bits per heavy atom. The van der Waals surface area contributed by atoms with Crippen LogP contribution in [0.1, 0.15) is 113 Å². The number of hydrogen-bond donors (Lipinski definition) is 1. The third-order valence-corrected chi connectivity index (χ3v) is 16.4. The molecule has 0 amide bonds. The van der Waals surface area contributed by atoms with Gasteiger partial charge in [0.05, 0.1) is 12.0 Å². The van der Waals surface area contributed by atoms with Gasteiger partial charge in [-0.3, -0.25) is 19.2 Å². The van der Waals surface area contributed by atoms with Gasteiger partial charge in [-0.25, -0.2) is 0 Å². The highest BCUT2D eigenvalue weighted by Gasteiger charge is 2.70. The molecule has 8 heteroatoms. The number of esters is 2. The van der Waals surface area contributed by atoms with E-state index in [2.05, 4.69) is 68.1 Å². The molecule has 5 aliphatic rings. The average Bonchev–Trinajstić information content (AvgIpc) is 2.91. The molecule has 0 bridgehead atoms. The first kappa shape index (κ1) is 35.3. The van der Waals surface area contributed by atoms with Crippen LogP contribution in [0, 0.1) is 50.2 Å². The van der Waals surface area contributed by atoms with Crippen LogP contribution in [0.3, 0.4) is 0 Å². The standard InChI is InChI=1S/C38H60O7Si/c1-33(2)27-11-14-38(7)31(36(27,5)13-12-28(33)45-30(42)22-29(40)41)26(39)21-24-25-23-35(4,32(43)44-19-20-46(8,9)10)16-15-34(25,3)17-18-37(24,38)6/h21,25,27-28,31H,11-20,22-23H2,1-10H3,(H,40,41). The Balaban J connectivity index is 1.45. The van der Waals surface area contributed by atoms with E-state index >= 15 is 0 Å². The van der Waals surface area contributed by atoms with E-state index in [1.54, 1.807) is 0 Å². The highest BCUT2D eigenvalue weighted by Crippen LogP contribution is 2.75. The Hall–Kier alpha value is -1.96. The molecule has 5 aliphatic carbocycles. The highest BCUT2D eigenvalue weighted by molar-refractivity contribution is 6.76.